The van der Waals surface area contributed by atoms with Gasteiger partial charge in [0.2, 0.25) is 0 Å². The average Bonchev–Trinajstić information content (AvgIpc) is 3.30. The molecular formula is C33H42N6O2. The van der Waals surface area contributed by atoms with Crippen molar-refractivity contribution >= 4 is 16.7 Å². The zero-order chi connectivity index (χ0) is 28.8. The Labute approximate surface area is 242 Å². The first-order chi connectivity index (χ1) is 19.8. The summed E-state index contributed by atoms with van der Waals surface area (Å²) < 4.78 is 0. The van der Waals surface area contributed by atoms with Gasteiger partial charge in [-0.1, -0.05) is 36.8 Å². The molecule has 0 saturated carbocycles. The van der Waals surface area contributed by atoms with Gasteiger partial charge < -0.3 is 15.3 Å². The SMILES string of the molecule is CC1C=C(CCC(=O)c2n[nH]c3ccc(-c4cncc(CN5CCC(O)CC5)c4)cc23)C=CC(NCCN(C)C)=C1. The van der Waals surface area contributed by atoms with Gasteiger partial charge >= 0.3 is 0 Å². The number of piperidine rings is 1. The van der Waals surface area contributed by atoms with Gasteiger partial charge in [-0.3, -0.25) is 19.8 Å². The van der Waals surface area contributed by atoms with Gasteiger partial charge in [0.15, 0.2) is 5.78 Å². The van der Waals surface area contributed by atoms with Crippen LogP contribution >= 0.6 is 0 Å². The van der Waals surface area contributed by atoms with Crippen LogP contribution in [0.1, 0.15) is 48.7 Å². The van der Waals surface area contributed by atoms with E-state index >= 15 is 0 Å². The largest absolute Gasteiger partial charge is 0.393 e. The van der Waals surface area contributed by atoms with Crippen molar-refractivity contribution < 1.29 is 9.90 Å². The zero-order valence-corrected chi connectivity index (χ0v) is 24.4. The van der Waals surface area contributed by atoms with Crippen LogP contribution in [0.5, 0.6) is 0 Å². The first-order valence-corrected chi connectivity index (χ1v) is 14.7. The number of fused-ring (bicyclic) bond motifs is 1. The molecule has 1 fully saturated rings. The van der Waals surface area contributed by atoms with Crippen LogP contribution < -0.4 is 5.32 Å². The molecular weight excluding hydrogens is 512 g/mol. The van der Waals surface area contributed by atoms with Crippen LogP contribution in [-0.4, -0.2) is 82.2 Å². The second-order valence-corrected chi connectivity index (χ2v) is 11.6. The molecule has 2 aromatic heterocycles. The second kappa shape index (κ2) is 13.4. The lowest BCUT2D eigenvalue weighted by molar-refractivity contribution is 0.0792. The lowest BCUT2D eigenvalue weighted by Gasteiger charge is -2.29. The fourth-order valence-electron chi connectivity index (χ4n) is 5.54. The van der Waals surface area contributed by atoms with Crippen molar-refractivity contribution in [1.29, 1.82) is 0 Å². The Bertz CT molecular complexity index is 1440. The molecule has 2 aliphatic rings. The number of carbonyl (C=O) groups is 1. The van der Waals surface area contributed by atoms with Crippen LogP contribution in [0.25, 0.3) is 22.0 Å². The maximum absolute atomic E-state index is 13.3. The number of benzene rings is 1. The fourth-order valence-corrected chi connectivity index (χ4v) is 5.54. The molecule has 8 heteroatoms. The van der Waals surface area contributed by atoms with Crippen LogP contribution in [0.2, 0.25) is 0 Å². The van der Waals surface area contributed by atoms with Crippen molar-refractivity contribution in [3.63, 3.8) is 0 Å². The highest BCUT2D eigenvalue weighted by Crippen LogP contribution is 2.27. The Hall–Kier alpha value is -3.59. The second-order valence-electron chi connectivity index (χ2n) is 11.6. The Morgan fingerprint density at radius 1 is 1.12 bits per heavy atom. The number of H-pyrrole nitrogens is 1. The maximum atomic E-state index is 13.3. The standard InChI is InChI=1S/C33H42N6O2/c1-23-16-24(4-7-28(17-23)35-12-15-38(2)3)5-9-32(41)33-30-19-26(6-8-31(30)36-37-33)27-18-25(20-34-21-27)22-39-13-10-29(40)11-14-39/h4,6-8,16-21,23,29,35,40H,5,9-15,22H2,1-3H3,(H,36,37). The first-order valence-electron chi connectivity index (χ1n) is 14.7. The summed E-state index contributed by atoms with van der Waals surface area (Å²) in [6.45, 7) is 6.65. The van der Waals surface area contributed by atoms with Gasteiger partial charge in [-0.25, -0.2) is 0 Å². The molecule has 1 saturated heterocycles. The first kappa shape index (κ1) is 28.9. The van der Waals surface area contributed by atoms with E-state index in [4.69, 9.17) is 0 Å². The molecule has 3 heterocycles. The minimum Gasteiger partial charge on any atom is -0.393 e. The fraction of sp³-hybridized carbons (Fsp3) is 0.424. The highest BCUT2D eigenvalue weighted by Gasteiger charge is 2.18. The molecule has 1 unspecified atom stereocenters. The molecule has 5 rings (SSSR count). The van der Waals surface area contributed by atoms with Crippen LogP contribution in [-0.2, 0) is 6.54 Å². The smallest absolute Gasteiger partial charge is 0.184 e. The molecule has 3 N–H and O–H groups in total. The number of Topliss-reactive ketones (excluding diaryl/α,β-unsaturated/α-hetero) is 1. The molecule has 0 amide bonds. The van der Waals surface area contributed by atoms with Crippen LogP contribution in [0, 0.1) is 5.92 Å². The molecule has 8 nitrogen and oxygen atoms in total. The topological polar surface area (TPSA) is 97.4 Å². The summed E-state index contributed by atoms with van der Waals surface area (Å²) in [5, 5.41) is 21.6. The predicted octanol–water partition coefficient (Wildman–Crippen LogP) is 4.71. The van der Waals surface area contributed by atoms with E-state index in [2.05, 4.69) is 81.7 Å². The third-order valence-corrected chi connectivity index (χ3v) is 7.84. The molecule has 41 heavy (non-hydrogen) atoms. The number of nitrogens with one attached hydrogen (secondary N) is 2. The van der Waals surface area contributed by atoms with Crippen LogP contribution in [0.3, 0.4) is 0 Å². The van der Waals surface area contributed by atoms with E-state index in [1.165, 1.54) is 0 Å². The number of nitrogens with zero attached hydrogens (tertiary/aromatic N) is 4. The summed E-state index contributed by atoms with van der Waals surface area (Å²) in [7, 11) is 4.14. The van der Waals surface area contributed by atoms with Gasteiger partial charge in [0.05, 0.1) is 11.6 Å². The molecule has 1 atom stereocenters. The van der Waals surface area contributed by atoms with Gasteiger partial charge in [-0.2, -0.15) is 5.10 Å². The quantitative estimate of drug-likeness (QED) is 0.295. The number of likely N-dealkylation sites (N-methyl/N-ethyl adjacent to an activating group) is 1. The number of ketones is 1. The van der Waals surface area contributed by atoms with Gasteiger partial charge in [-0.05, 0) is 74.7 Å². The lowest BCUT2D eigenvalue weighted by atomic mass is 9.99. The van der Waals surface area contributed by atoms with Crippen molar-refractivity contribution in [2.24, 2.45) is 5.92 Å². The Morgan fingerprint density at radius 3 is 2.76 bits per heavy atom. The van der Waals surface area contributed by atoms with E-state index in [1.807, 2.05) is 30.6 Å². The van der Waals surface area contributed by atoms with Gasteiger partial charge in [0.1, 0.15) is 5.69 Å². The number of hydrogen-bond donors (Lipinski definition) is 3. The van der Waals surface area contributed by atoms with Crippen molar-refractivity contribution in [2.45, 2.75) is 45.3 Å². The predicted molar refractivity (Wildman–Crippen MR) is 164 cm³/mol. The number of likely N-dealkylation sites (tertiary alicyclic amines) is 1. The van der Waals surface area contributed by atoms with E-state index in [0.29, 0.717) is 18.5 Å². The third-order valence-electron chi connectivity index (χ3n) is 7.84. The summed E-state index contributed by atoms with van der Waals surface area (Å²) in [5.74, 6) is 0.327. The number of allylic oxidation sites excluding steroid dienone is 5. The summed E-state index contributed by atoms with van der Waals surface area (Å²) in [6.07, 6.45) is 15.0. The number of carbonyl (C=O) groups excluding carboxylic acids is 1. The third kappa shape index (κ3) is 7.79. The van der Waals surface area contributed by atoms with Crippen molar-refractivity contribution in [3.05, 3.63) is 83.5 Å². The van der Waals surface area contributed by atoms with Crippen molar-refractivity contribution in [2.75, 3.05) is 40.3 Å². The Balaban J connectivity index is 1.24. The van der Waals surface area contributed by atoms with Gasteiger partial charge in [-0.15, -0.1) is 0 Å². The van der Waals surface area contributed by atoms with E-state index in [-0.39, 0.29) is 17.8 Å². The van der Waals surface area contributed by atoms with Crippen molar-refractivity contribution in [3.8, 4) is 11.1 Å². The van der Waals surface area contributed by atoms with E-state index in [9.17, 15) is 9.90 Å². The van der Waals surface area contributed by atoms with E-state index < -0.39 is 0 Å². The lowest BCUT2D eigenvalue weighted by Crippen LogP contribution is -2.35. The molecule has 1 aliphatic carbocycles. The molecule has 216 valence electrons. The number of aliphatic hydroxyl groups excluding tert-OH is 1. The maximum Gasteiger partial charge on any atom is 0.184 e. The Kier molecular flexibility index (Phi) is 9.44. The van der Waals surface area contributed by atoms with Crippen LogP contribution in [0.15, 0.2) is 72.2 Å². The zero-order valence-electron chi connectivity index (χ0n) is 24.4. The summed E-state index contributed by atoms with van der Waals surface area (Å²) in [4.78, 5) is 22.4. The monoisotopic (exact) mass is 554 g/mol. The normalized spacial score (nSPS) is 18.4. The van der Waals surface area contributed by atoms with E-state index in [1.54, 1.807) is 0 Å². The number of aromatic nitrogens is 3. The van der Waals surface area contributed by atoms with Crippen LogP contribution in [0.4, 0.5) is 0 Å². The highest BCUT2D eigenvalue weighted by atomic mass is 16.3. The summed E-state index contributed by atoms with van der Waals surface area (Å²) in [6, 6.07) is 8.26. The van der Waals surface area contributed by atoms with Gasteiger partial charge in [0.25, 0.3) is 0 Å². The molecule has 1 aromatic carbocycles. The Morgan fingerprint density at radius 2 is 1.95 bits per heavy atom. The van der Waals surface area contributed by atoms with E-state index in [0.717, 1.165) is 84.4 Å². The molecule has 3 aromatic rings. The summed E-state index contributed by atoms with van der Waals surface area (Å²) >= 11 is 0. The molecule has 1 aliphatic heterocycles. The molecule has 0 radical (unpaired) electrons. The minimum atomic E-state index is -0.177. The minimum absolute atomic E-state index is 0.0380. The highest BCUT2D eigenvalue weighted by molar-refractivity contribution is 6.06. The summed E-state index contributed by atoms with van der Waals surface area (Å²) in [5.41, 5.74) is 6.81. The molecule has 0 spiro atoms. The number of hydrogen-bond acceptors (Lipinski definition) is 7. The number of pyridine rings is 1. The van der Waals surface area contributed by atoms with Gasteiger partial charge in [0, 0.05) is 68.2 Å². The number of aliphatic hydroxyl groups is 1. The number of aromatic amines is 1. The van der Waals surface area contributed by atoms with Crippen molar-refractivity contribution in [1.82, 2.24) is 30.3 Å². The number of rotatable bonds is 11. The molecule has 0 bridgehead atoms. The average molecular weight is 555 g/mol.